The van der Waals surface area contributed by atoms with Gasteiger partial charge < -0.3 is 5.73 Å². The zero-order chi connectivity index (χ0) is 14.9. The van der Waals surface area contributed by atoms with Crippen LogP contribution in [0.15, 0.2) is 42.6 Å². The monoisotopic (exact) mass is 284 g/mol. The largest absolute Gasteiger partial charge is 0.324 e. The standard InChI is InChI=1S/C18H21FN2/c1-18(20,12-13-5-2-8-15(19)11-13)16-9-3-6-14-7-4-10-21-17(14)16/h2,4-5,7-8,10-11,16H,3,6,9,12,20H2,1H3. The van der Waals surface area contributed by atoms with Gasteiger partial charge in [-0.05, 0) is 61.9 Å². The number of halogens is 1. The molecular formula is C18H21FN2. The van der Waals surface area contributed by atoms with E-state index in [0.29, 0.717) is 6.42 Å². The van der Waals surface area contributed by atoms with Crippen LogP contribution in [0, 0.1) is 5.82 Å². The predicted molar refractivity (Wildman–Crippen MR) is 82.6 cm³/mol. The van der Waals surface area contributed by atoms with Gasteiger partial charge in [-0.1, -0.05) is 18.2 Å². The fourth-order valence-electron chi connectivity index (χ4n) is 3.46. The average Bonchev–Trinajstić information content (AvgIpc) is 2.46. The lowest BCUT2D eigenvalue weighted by Crippen LogP contribution is -2.46. The summed E-state index contributed by atoms with van der Waals surface area (Å²) in [5, 5.41) is 0. The van der Waals surface area contributed by atoms with Crippen LogP contribution in [0.3, 0.4) is 0 Å². The number of hydrogen-bond acceptors (Lipinski definition) is 2. The number of hydrogen-bond donors (Lipinski definition) is 1. The maximum atomic E-state index is 13.4. The lowest BCUT2D eigenvalue weighted by Gasteiger charge is -2.37. The number of nitrogens with two attached hydrogens (primary N) is 1. The maximum absolute atomic E-state index is 13.4. The van der Waals surface area contributed by atoms with E-state index in [9.17, 15) is 4.39 Å². The molecule has 0 saturated heterocycles. The highest BCUT2D eigenvalue weighted by Gasteiger charge is 2.35. The third-order valence-corrected chi connectivity index (χ3v) is 4.47. The lowest BCUT2D eigenvalue weighted by atomic mass is 9.72. The van der Waals surface area contributed by atoms with Crippen molar-refractivity contribution in [1.29, 1.82) is 0 Å². The third kappa shape index (κ3) is 2.98. The van der Waals surface area contributed by atoms with Crippen molar-refractivity contribution < 1.29 is 4.39 Å². The Morgan fingerprint density at radius 1 is 1.33 bits per heavy atom. The van der Waals surface area contributed by atoms with E-state index < -0.39 is 5.54 Å². The number of aryl methyl sites for hydroxylation is 1. The summed E-state index contributed by atoms with van der Waals surface area (Å²) in [5.74, 6) is 0.0242. The second kappa shape index (κ2) is 5.57. The molecule has 0 saturated carbocycles. The minimum absolute atomic E-state index is 0.203. The topological polar surface area (TPSA) is 38.9 Å². The van der Waals surface area contributed by atoms with E-state index in [1.165, 1.54) is 11.6 Å². The van der Waals surface area contributed by atoms with Crippen molar-refractivity contribution in [3.05, 3.63) is 65.2 Å². The maximum Gasteiger partial charge on any atom is 0.123 e. The van der Waals surface area contributed by atoms with Gasteiger partial charge in [0.25, 0.3) is 0 Å². The summed E-state index contributed by atoms with van der Waals surface area (Å²) in [5.41, 5.74) is 9.59. The molecule has 0 fully saturated rings. The predicted octanol–water partition coefficient (Wildman–Crippen LogP) is 3.60. The molecule has 2 atom stereocenters. The first-order valence-corrected chi connectivity index (χ1v) is 7.53. The second-order valence-corrected chi connectivity index (χ2v) is 6.31. The SMILES string of the molecule is CC(N)(Cc1cccc(F)c1)C1CCCc2cccnc21. The van der Waals surface area contributed by atoms with Gasteiger partial charge in [-0.15, -0.1) is 0 Å². The molecule has 2 unspecified atom stereocenters. The van der Waals surface area contributed by atoms with Gasteiger partial charge in [0.15, 0.2) is 0 Å². The molecule has 0 radical (unpaired) electrons. The van der Waals surface area contributed by atoms with Gasteiger partial charge in [0.1, 0.15) is 5.82 Å². The summed E-state index contributed by atoms with van der Waals surface area (Å²) in [6, 6.07) is 10.9. The zero-order valence-corrected chi connectivity index (χ0v) is 12.3. The van der Waals surface area contributed by atoms with Crippen molar-refractivity contribution in [1.82, 2.24) is 4.98 Å². The van der Waals surface area contributed by atoms with Gasteiger partial charge in [-0.3, -0.25) is 4.98 Å². The molecule has 0 spiro atoms. The molecule has 1 aromatic carbocycles. The molecule has 3 rings (SSSR count). The average molecular weight is 284 g/mol. The van der Waals surface area contributed by atoms with Gasteiger partial charge >= 0.3 is 0 Å². The van der Waals surface area contributed by atoms with Gasteiger partial charge in [0, 0.05) is 23.3 Å². The Morgan fingerprint density at radius 3 is 3.00 bits per heavy atom. The van der Waals surface area contributed by atoms with Crippen molar-refractivity contribution in [3.8, 4) is 0 Å². The van der Waals surface area contributed by atoms with Gasteiger partial charge in [-0.25, -0.2) is 4.39 Å². The van der Waals surface area contributed by atoms with E-state index in [1.54, 1.807) is 12.1 Å². The Hall–Kier alpha value is -1.74. The smallest absolute Gasteiger partial charge is 0.123 e. The van der Waals surface area contributed by atoms with E-state index in [-0.39, 0.29) is 11.7 Å². The van der Waals surface area contributed by atoms with Gasteiger partial charge in [-0.2, -0.15) is 0 Å². The van der Waals surface area contributed by atoms with Crippen LogP contribution >= 0.6 is 0 Å². The Labute approximate surface area is 125 Å². The Morgan fingerprint density at radius 2 is 2.19 bits per heavy atom. The molecule has 0 aliphatic heterocycles. The Kier molecular flexibility index (Phi) is 3.77. The highest BCUT2D eigenvalue weighted by molar-refractivity contribution is 5.30. The highest BCUT2D eigenvalue weighted by Crippen LogP contribution is 2.38. The molecule has 21 heavy (non-hydrogen) atoms. The Bertz CT molecular complexity index is 637. The van der Waals surface area contributed by atoms with Crippen molar-refractivity contribution in [3.63, 3.8) is 0 Å². The van der Waals surface area contributed by atoms with Crippen LogP contribution in [0.4, 0.5) is 4.39 Å². The fraction of sp³-hybridized carbons (Fsp3) is 0.389. The first kappa shape index (κ1) is 14.2. The molecule has 1 aliphatic rings. The third-order valence-electron chi connectivity index (χ3n) is 4.47. The number of aromatic nitrogens is 1. The number of fused-ring (bicyclic) bond motifs is 1. The number of rotatable bonds is 3. The molecule has 0 bridgehead atoms. The lowest BCUT2D eigenvalue weighted by molar-refractivity contribution is 0.330. The normalized spacial score (nSPS) is 20.6. The van der Waals surface area contributed by atoms with Gasteiger partial charge in [0.2, 0.25) is 0 Å². The van der Waals surface area contributed by atoms with Crippen LogP contribution in [0.5, 0.6) is 0 Å². The first-order chi connectivity index (χ1) is 10.1. The Balaban J connectivity index is 1.89. The van der Waals surface area contributed by atoms with E-state index in [4.69, 9.17) is 5.73 Å². The summed E-state index contributed by atoms with van der Waals surface area (Å²) >= 11 is 0. The molecule has 110 valence electrons. The number of pyridine rings is 1. The molecule has 2 nitrogen and oxygen atoms in total. The van der Waals surface area contributed by atoms with Crippen LogP contribution in [-0.2, 0) is 12.8 Å². The van der Waals surface area contributed by atoms with Crippen molar-refractivity contribution in [2.45, 2.75) is 44.1 Å². The summed E-state index contributed by atoms with van der Waals surface area (Å²) in [6.07, 6.45) is 5.77. The van der Waals surface area contributed by atoms with Crippen LogP contribution in [0.2, 0.25) is 0 Å². The van der Waals surface area contributed by atoms with Crippen molar-refractivity contribution in [2.24, 2.45) is 5.73 Å². The van der Waals surface area contributed by atoms with E-state index in [1.807, 2.05) is 18.3 Å². The molecule has 1 heterocycles. The quantitative estimate of drug-likeness (QED) is 0.935. The second-order valence-electron chi connectivity index (χ2n) is 6.31. The van der Waals surface area contributed by atoms with Crippen LogP contribution < -0.4 is 5.73 Å². The van der Waals surface area contributed by atoms with Crippen molar-refractivity contribution in [2.75, 3.05) is 0 Å². The number of benzene rings is 1. The van der Waals surface area contributed by atoms with E-state index in [2.05, 4.69) is 18.0 Å². The van der Waals surface area contributed by atoms with Crippen LogP contribution in [0.1, 0.15) is 42.5 Å². The molecule has 1 aromatic heterocycles. The van der Waals surface area contributed by atoms with E-state index in [0.717, 1.165) is 30.5 Å². The highest BCUT2D eigenvalue weighted by atomic mass is 19.1. The van der Waals surface area contributed by atoms with E-state index >= 15 is 0 Å². The summed E-state index contributed by atoms with van der Waals surface area (Å²) in [6.45, 7) is 2.06. The van der Waals surface area contributed by atoms with Crippen LogP contribution in [0.25, 0.3) is 0 Å². The molecule has 0 amide bonds. The minimum Gasteiger partial charge on any atom is -0.324 e. The fourth-order valence-corrected chi connectivity index (χ4v) is 3.46. The van der Waals surface area contributed by atoms with Crippen molar-refractivity contribution >= 4 is 0 Å². The molecule has 3 heteroatoms. The molecule has 2 aromatic rings. The molecule has 2 N–H and O–H groups in total. The zero-order valence-electron chi connectivity index (χ0n) is 12.3. The summed E-state index contributed by atoms with van der Waals surface area (Å²) < 4.78 is 13.4. The van der Waals surface area contributed by atoms with Gasteiger partial charge in [0.05, 0.1) is 0 Å². The molecular weight excluding hydrogens is 263 g/mol. The number of nitrogens with zero attached hydrogens (tertiary/aromatic N) is 1. The first-order valence-electron chi connectivity index (χ1n) is 7.53. The summed E-state index contributed by atoms with van der Waals surface area (Å²) in [7, 11) is 0. The minimum atomic E-state index is -0.419. The summed E-state index contributed by atoms with van der Waals surface area (Å²) in [4.78, 5) is 4.57. The van der Waals surface area contributed by atoms with Crippen LogP contribution in [-0.4, -0.2) is 10.5 Å². The molecule has 1 aliphatic carbocycles.